The second-order valence-electron chi connectivity index (χ2n) is 9.18. The Balaban J connectivity index is 1.94. The van der Waals surface area contributed by atoms with E-state index in [1.165, 1.54) is 12.1 Å². The van der Waals surface area contributed by atoms with Crippen molar-refractivity contribution in [2.45, 2.75) is 90.0 Å². The number of hydrogen-bond acceptors (Lipinski definition) is 8. The largest absolute Gasteiger partial charge is 0.464 e. The number of methoxy groups -OCH3 is 1. The topological polar surface area (TPSA) is 98.5 Å². The summed E-state index contributed by atoms with van der Waals surface area (Å²) < 4.78 is 37.4. The van der Waals surface area contributed by atoms with Gasteiger partial charge in [0, 0.05) is 44.6 Å². The van der Waals surface area contributed by atoms with Crippen molar-refractivity contribution in [2.75, 3.05) is 33.5 Å². The fraction of sp³-hybridized carbons (Fsp3) is 0.769. The molecule has 1 aromatic carbocycles. The second kappa shape index (κ2) is 14.1. The standard InChI is InChI=1S/C26H41NO8/c1-5-8-13-31-17-21-24(32-14-9-6-2)25(33-15-10-7-3)22-23(30-4)19-16-18(27(28)29)11-12-20(19)34-26(22)35-21/h11-12,16,21-26H,5-10,13-15,17H2,1-4H3/t21-,22-,23+,24+,25-,26+/m1/s1. The Kier molecular flexibility index (Phi) is 11.2. The number of benzene rings is 1. The summed E-state index contributed by atoms with van der Waals surface area (Å²) in [6.07, 6.45) is 3.61. The first-order chi connectivity index (χ1) is 17.0. The van der Waals surface area contributed by atoms with Crippen molar-refractivity contribution >= 4 is 5.69 Å². The van der Waals surface area contributed by atoms with E-state index in [0.29, 0.717) is 37.7 Å². The van der Waals surface area contributed by atoms with Gasteiger partial charge in [-0.3, -0.25) is 10.1 Å². The van der Waals surface area contributed by atoms with Crippen molar-refractivity contribution in [3.8, 4) is 5.75 Å². The summed E-state index contributed by atoms with van der Waals surface area (Å²) >= 11 is 0. The number of ether oxygens (including phenoxy) is 6. The highest BCUT2D eigenvalue weighted by molar-refractivity contribution is 5.46. The van der Waals surface area contributed by atoms with Gasteiger partial charge < -0.3 is 28.4 Å². The molecule has 2 aliphatic rings. The predicted octanol–water partition coefficient (Wildman–Crippen LogP) is 5.20. The summed E-state index contributed by atoms with van der Waals surface area (Å²) in [6, 6.07) is 4.57. The van der Waals surface area contributed by atoms with E-state index in [-0.39, 0.29) is 29.9 Å². The Morgan fingerprint density at radius 2 is 1.63 bits per heavy atom. The van der Waals surface area contributed by atoms with Gasteiger partial charge in [0.1, 0.15) is 18.0 Å². The highest BCUT2D eigenvalue weighted by Crippen LogP contribution is 2.48. The molecule has 2 aliphatic heterocycles. The van der Waals surface area contributed by atoms with E-state index in [1.54, 1.807) is 13.2 Å². The van der Waals surface area contributed by atoms with Crippen LogP contribution >= 0.6 is 0 Å². The summed E-state index contributed by atoms with van der Waals surface area (Å²) in [5.74, 6) is 0.164. The molecule has 35 heavy (non-hydrogen) atoms. The lowest BCUT2D eigenvalue weighted by Crippen LogP contribution is -2.62. The third-order valence-electron chi connectivity index (χ3n) is 6.59. The van der Waals surface area contributed by atoms with Crippen LogP contribution in [-0.4, -0.2) is 63.1 Å². The van der Waals surface area contributed by atoms with Gasteiger partial charge in [0.25, 0.3) is 5.69 Å². The highest BCUT2D eigenvalue weighted by Gasteiger charge is 2.54. The summed E-state index contributed by atoms with van der Waals surface area (Å²) in [4.78, 5) is 11.0. The molecule has 9 heteroatoms. The molecule has 0 aromatic heterocycles. The van der Waals surface area contributed by atoms with E-state index in [0.717, 1.165) is 38.5 Å². The third kappa shape index (κ3) is 6.92. The Labute approximate surface area is 208 Å². The van der Waals surface area contributed by atoms with E-state index in [1.807, 2.05) is 0 Å². The summed E-state index contributed by atoms with van der Waals surface area (Å²) in [5.41, 5.74) is 0.617. The molecule has 1 aromatic rings. The lowest BCUT2D eigenvalue weighted by atomic mass is 9.81. The van der Waals surface area contributed by atoms with Crippen LogP contribution in [0.2, 0.25) is 0 Å². The first kappa shape index (κ1) is 27.8. The predicted molar refractivity (Wildman–Crippen MR) is 131 cm³/mol. The van der Waals surface area contributed by atoms with Gasteiger partial charge in [-0.2, -0.15) is 0 Å². The van der Waals surface area contributed by atoms with Gasteiger partial charge in [-0.05, 0) is 25.3 Å². The molecular formula is C26H41NO8. The van der Waals surface area contributed by atoms with Crippen molar-refractivity contribution in [1.82, 2.24) is 0 Å². The molecule has 9 nitrogen and oxygen atoms in total. The van der Waals surface area contributed by atoms with Crippen LogP contribution in [0.4, 0.5) is 5.69 Å². The highest BCUT2D eigenvalue weighted by atomic mass is 16.7. The fourth-order valence-electron chi connectivity index (χ4n) is 4.66. The van der Waals surface area contributed by atoms with E-state index in [4.69, 9.17) is 28.4 Å². The molecule has 3 rings (SSSR count). The minimum Gasteiger partial charge on any atom is -0.464 e. The molecule has 0 spiro atoms. The average molecular weight is 496 g/mol. The molecule has 1 saturated heterocycles. The summed E-state index contributed by atoms with van der Waals surface area (Å²) in [6.45, 7) is 8.55. The summed E-state index contributed by atoms with van der Waals surface area (Å²) in [5, 5.41) is 11.4. The number of nitrogens with zero attached hydrogens (tertiary/aromatic N) is 1. The third-order valence-corrected chi connectivity index (χ3v) is 6.59. The minimum absolute atomic E-state index is 0.00836. The maximum atomic E-state index is 11.4. The van der Waals surface area contributed by atoms with Gasteiger partial charge in [0.15, 0.2) is 0 Å². The van der Waals surface area contributed by atoms with Crippen LogP contribution in [0.1, 0.15) is 71.0 Å². The van der Waals surface area contributed by atoms with Gasteiger partial charge >= 0.3 is 0 Å². The molecular weight excluding hydrogens is 454 g/mol. The molecule has 0 radical (unpaired) electrons. The van der Waals surface area contributed by atoms with Gasteiger partial charge in [-0.25, -0.2) is 0 Å². The van der Waals surface area contributed by atoms with Crippen LogP contribution in [0.25, 0.3) is 0 Å². The lowest BCUT2D eigenvalue weighted by molar-refractivity contribution is -0.385. The molecule has 2 heterocycles. The van der Waals surface area contributed by atoms with Crippen LogP contribution < -0.4 is 4.74 Å². The number of nitro groups is 1. The van der Waals surface area contributed by atoms with Gasteiger partial charge in [0.2, 0.25) is 6.29 Å². The zero-order valence-corrected chi connectivity index (χ0v) is 21.5. The Bertz CT molecular complexity index is 791. The van der Waals surface area contributed by atoms with Gasteiger partial charge in [0.05, 0.1) is 29.7 Å². The van der Waals surface area contributed by atoms with Crippen LogP contribution in [0.3, 0.4) is 0 Å². The minimum atomic E-state index is -0.647. The molecule has 0 unspecified atom stereocenters. The lowest BCUT2D eigenvalue weighted by Gasteiger charge is -2.50. The quantitative estimate of drug-likeness (QED) is 0.186. The summed E-state index contributed by atoms with van der Waals surface area (Å²) in [7, 11) is 1.60. The Morgan fingerprint density at radius 1 is 0.971 bits per heavy atom. The molecule has 1 fully saturated rings. The average Bonchev–Trinajstić information content (AvgIpc) is 2.86. The molecule has 0 N–H and O–H groups in total. The van der Waals surface area contributed by atoms with E-state index < -0.39 is 17.3 Å². The second-order valence-corrected chi connectivity index (χ2v) is 9.18. The normalized spacial score (nSPS) is 27.7. The van der Waals surface area contributed by atoms with E-state index in [9.17, 15) is 10.1 Å². The monoisotopic (exact) mass is 495 g/mol. The molecule has 0 bridgehead atoms. The van der Waals surface area contributed by atoms with Crippen LogP contribution in [0.5, 0.6) is 5.75 Å². The van der Waals surface area contributed by atoms with Crippen molar-refractivity contribution in [3.63, 3.8) is 0 Å². The molecule has 0 saturated carbocycles. The zero-order chi connectivity index (χ0) is 25.2. The van der Waals surface area contributed by atoms with Crippen molar-refractivity contribution in [3.05, 3.63) is 33.9 Å². The SMILES string of the molecule is CCCCOC[C@H]1O[C@@H]2Oc3ccc([N+](=O)[O-])cc3[C@H](OC)[C@@H]2[C@@H](OCCCC)[C@H]1OCCCC. The van der Waals surface area contributed by atoms with Gasteiger partial charge in [-0.1, -0.05) is 40.0 Å². The molecule has 6 atom stereocenters. The maximum Gasteiger partial charge on any atom is 0.270 e. The number of hydrogen-bond donors (Lipinski definition) is 0. The van der Waals surface area contributed by atoms with E-state index >= 15 is 0 Å². The van der Waals surface area contributed by atoms with E-state index in [2.05, 4.69) is 20.8 Å². The number of non-ortho nitro benzene ring substituents is 1. The fourth-order valence-corrected chi connectivity index (χ4v) is 4.66. The Hall–Kier alpha value is -1.78. The van der Waals surface area contributed by atoms with Crippen LogP contribution in [0.15, 0.2) is 18.2 Å². The van der Waals surface area contributed by atoms with Crippen molar-refractivity contribution < 1.29 is 33.3 Å². The number of rotatable bonds is 15. The molecule has 0 amide bonds. The zero-order valence-electron chi connectivity index (χ0n) is 21.5. The first-order valence-electron chi connectivity index (χ1n) is 13.0. The first-order valence-corrected chi connectivity index (χ1v) is 13.0. The number of nitro benzene ring substituents is 1. The van der Waals surface area contributed by atoms with Crippen LogP contribution in [0, 0.1) is 16.0 Å². The molecule has 0 aliphatic carbocycles. The van der Waals surface area contributed by atoms with Gasteiger partial charge in [-0.15, -0.1) is 0 Å². The van der Waals surface area contributed by atoms with Crippen LogP contribution in [-0.2, 0) is 23.7 Å². The smallest absolute Gasteiger partial charge is 0.270 e. The Morgan fingerprint density at radius 3 is 2.26 bits per heavy atom. The van der Waals surface area contributed by atoms with Crippen molar-refractivity contribution in [1.29, 1.82) is 0 Å². The van der Waals surface area contributed by atoms with Crippen molar-refractivity contribution in [2.24, 2.45) is 5.92 Å². The number of unbranched alkanes of at least 4 members (excludes halogenated alkanes) is 3. The maximum absolute atomic E-state index is 11.4. The number of fused-ring (bicyclic) bond motifs is 2. The molecule has 198 valence electrons.